The van der Waals surface area contributed by atoms with Crippen LogP contribution in [0.5, 0.6) is 0 Å². The van der Waals surface area contributed by atoms with E-state index in [2.05, 4.69) is 23.4 Å². The Morgan fingerprint density at radius 3 is 2.68 bits per heavy atom. The van der Waals surface area contributed by atoms with Crippen LogP contribution in [0.2, 0.25) is 0 Å². The summed E-state index contributed by atoms with van der Waals surface area (Å²) in [5.74, 6) is 1.04. The zero-order chi connectivity index (χ0) is 24.2. The molecule has 0 unspecified atom stereocenters. The largest absolute Gasteiger partial charge is 0.393 e. The summed E-state index contributed by atoms with van der Waals surface area (Å²) in [6.07, 6.45) is 6.91. The van der Waals surface area contributed by atoms with Crippen molar-refractivity contribution in [2.45, 2.75) is 58.6 Å². The average Bonchev–Trinajstić information content (AvgIpc) is 3.05. The van der Waals surface area contributed by atoms with Crippen LogP contribution in [0.25, 0.3) is 0 Å². The number of carbonyl (C=O) groups excluding carboxylic acids is 2. The summed E-state index contributed by atoms with van der Waals surface area (Å²) < 4.78 is 1.80. The van der Waals surface area contributed by atoms with Crippen LogP contribution in [0.15, 0.2) is 36.2 Å². The Morgan fingerprint density at radius 1 is 1.21 bits per heavy atom. The molecule has 2 N–H and O–H groups in total. The molecule has 1 saturated heterocycles. The number of benzene rings is 1. The Morgan fingerprint density at radius 2 is 1.97 bits per heavy atom. The van der Waals surface area contributed by atoms with Gasteiger partial charge in [-0.15, -0.1) is 0 Å². The van der Waals surface area contributed by atoms with E-state index in [4.69, 9.17) is 0 Å². The second-order valence-corrected chi connectivity index (χ2v) is 9.32. The molecule has 1 fully saturated rings. The maximum absolute atomic E-state index is 13.4. The van der Waals surface area contributed by atoms with Crippen molar-refractivity contribution < 1.29 is 14.7 Å². The van der Waals surface area contributed by atoms with Crippen molar-refractivity contribution in [1.82, 2.24) is 19.6 Å². The highest BCUT2D eigenvalue weighted by Crippen LogP contribution is 2.25. The molecular formula is C26H35N5O3. The van der Waals surface area contributed by atoms with E-state index in [1.54, 1.807) is 4.68 Å². The van der Waals surface area contributed by atoms with Crippen molar-refractivity contribution in [2.24, 2.45) is 7.05 Å². The summed E-state index contributed by atoms with van der Waals surface area (Å²) in [5.41, 5.74) is 4.75. The molecular weight excluding hydrogens is 430 g/mol. The molecule has 34 heavy (non-hydrogen) atoms. The maximum Gasteiger partial charge on any atom is 0.254 e. The lowest BCUT2D eigenvalue weighted by molar-refractivity contribution is -0.133. The summed E-state index contributed by atoms with van der Waals surface area (Å²) in [6, 6.07) is 5.79. The van der Waals surface area contributed by atoms with Gasteiger partial charge in [-0.1, -0.05) is 19.1 Å². The molecule has 8 heteroatoms. The highest BCUT2D eigenvalue weighted by atomic mass is 16.3. The van der Waals surface area contributed by atoms with E-state index < -0.39 is 0 Å². The van der Waals surface area contributed by atoms with Gasteiger partial charge in [-0.05, 0) is 55.9 Å². The number of piperidine rings is 1. The minimum Gasteiger partial charge on any atom is -0.393 e. The lowest BCUT2D eigenvalue weighted by atomic mass is 9.99. The molecule has 1 aromatic carbocycles. The molecule has 2 aliphatic heterocycles. The number of likely N-dealkylation sites (tertiary alicyclic amines) is 1. The molecule has 0 spiro atoms. The lowest BCUT2D eigenvalue weighted by Crippen LogP contribution is -2.40. The van der Waals surface area contributed by atoms with Crippen LogP contribution in [0, 0.1) is 6.92 Å². The van der Waals surface area contributed by atoms with E-state index in [1.165, 1.54) is 0 Å². The SMILES string of the molecule is CC/C=C1\CN(C(=O)c2ccc(CCC(=O)N3CCC(O)CC3)c(C)c2)Cc2cnn(C)c2N1. The number of nitrogens with one attached hydrogen (secondary N) is 1. The molecule has 0 saturated carbocycles. The number of rotatable bonds is 5. The predicted octanol–water partition coefficient (Wildman–Crippen LogP) is 3.01. The molecule has 2 amide bonds. The Bertz CT molecular complexity index is 1080. The van der Waals surface area contributed by atoms with Crippen LogP contribution in [-0.4, -0.2) is 62.2 Å². The molecule has 3 heterocycles. The summed E-state index contributed by atoms with van der Waals surface area (Å²) in [5, 5.41) is 17.4. The van der Waals surface area contributed by atoms with Crippen LogP contribution in [0.1, 0.15) is 59.7 Å². The van der Waals surface area contributed by atoms with E-state index in [1.807, 2.05) is 48.2 Å². The monoisotopic (exact) mass is 465 g/mol. The molecule has 1 aromatic heterocycles. The number of allylic oxidation sites excluding steroid dienone is 1. The minimum atomic E-state index is -0.283. The number of hydrogen-bond donors (Lipinski definition) is 2. The lowest BCUT2D eigenvalue weighted by Gasteiger charge is -2.29. The Hall–Kier alpha value is -3.13. The first-order valence-corrected chi connectivity index (χ1v) is 12.2. The minimum absolute atomic E-state index is 0.0156. The zero-order valence-electron chi connectivity index (χ0n) is 20.4. The first-order valence-electron chi connectivity index (χ1n) is 12.2. The number of amides is 2. The van der Waals surface area contributed by atoms with Crippen molar-refractivity contribution in [3.63, 3.8) is 0 Å². The number of aliphatic hydroxyl groups excluding tert-OH is 1. The molecule has 8 nitrogen and oxygen atoms in total. The Balaban J connectivity index is 1.44. The third-order valence-corrected chi connectivity index (χ3v) is 6.77. The molecule has 0 aliphatic carbocycles. The van der Waals surface area contributed by atoms with Crippen LogP contribution in [-0.2, 0) is 24.8 Å². The van der Waals surface area contributed by atoms with Crippen molar-refractivity contribution in [1.29, 1.82) is 0 Å². The van der Waals surface area contributed by atoms with E-state index in [0.717, 1.165) is 34.6 Å². The highest BCUT2D eigenvalue weighted by Gasteiger charge is 2.25. The van der Waals surface area contributed by atoms with Gasteiger partial charge in [0.05, 0.1) is 25.4 Å². The first kappa shape index (κ1) is 24.0. The number of fused-ring (bicyclic) bond motifs is 1. The van der Waals surface area contributed by atoms with Gasteiger partial charge in [0.1, 0.15) is 5.82 Å². The van der Waals surface area contributed by atoms with E-state index in [-0.39, 0.29) is 17.9 Å². The fourth-order valence-corrected chi connectivity index (χ4v) is 4.73. The Kier molecular flexibility index (Phi) is 7.36. The number of hydrogen-bond acceptors (Lipinski definition) is 5. The molecule has 0 atom stereocenters. The molecule has 4 rings (SSSR count). The number of carbonyl (C=O) groups is 2. The zero-order valence-corrected chi connectivity index (χ0v) is 20.4. The maximum atomic E-state index is 13.4. The van der Waals surface area contributed by atoms with E-state index in [0.29, 0.717) is 57.4 Å². The third kappa shape index (κ3) is 5.33. The summed E-state index contributed by atoms with van der Waals surface area (Å²) in [6.45, 7) is 6.35. The van der Waals surface area contributed by atoms with Crippen molar-refractivity contribution >= 4 is 17.6 Å². The summed E-state index contributed by atoms with van der Waals surface area (Å²) in [7, 11) is 1.90. The first-order chi connectivity index (χ1) is 16.4. The molecule has 0 radical (unpaired) electrons. The summed E-state index contributed by atoms with van der Waals surface area (Å²) >= 11 is 0. The quantitative estimate of drug-likeness (QED) is 0.709. The van der Waals surface area contributed by atoms with Gasteiger partial charge in [0, 0.05) is 43.4 Å². The van der Waals surface area contributed by atoms with Crippen molar-refractivity contribution in [3.8, 4) is 0 Å². The number of anilines is 1. The van der Waals surface area contributed by atoms with Gasteiger partial charge in [-0.25, -0.2) is 0 Å². The second-order valence-electron chi connectivity index (χ2n) is 9.32. The van der Waals surface area contributed by atoms with Gasteiger partial charge >= 0.3 is 0 Å². The topological polar surface area (TPSA) is 90.7 Å². The fourth-order valence-electron chi connectivity index (χ4n) is 4.73. The molecule has 2 aliphatic rings. The highest BCUT2D eigenvalue weighted by molar-refractivity contribution is 5.95. The van der Waals surface area contributed by atoms with Gasteiger partial charge in [0.15, 0.2) is 0 Å². The number of nitrogens with zero attached hydrogens (tertiary/aromatic N) is 4. The third-order valence-electron chi connectivity index (χ3n) is 6.77. The molecule has 0 bridgehead atoms. The normalized spacial score (nSPS) is 17.9. The standard InChI is InChI=1S/C26H35N5O3/c1-4-5-22-17-31(16-21-15-27-29(3)25(21)28-22)26(34)20-7-6-19(18(2)14-20)8-9-24(33)30-12-10-23(32)11-13-30/h5-7,14-15,23,28,32H,4,8-13,16-17H2,1-3H3/b22-5+. The fraction of sp³-hybridized carbons (Fsp3) is 0.500. The number of aromatic nitrogens is 2. The smallest absolute Gasteiger partial charge is 0.254 e. The van der Waals surface area contributed by atoms with Crippen molar-refractivity contribution in [2.75, 3.05) is 25.0 Å². The van der Waals surface area contributed by atoms with Crippen molar-refractivity contribution in [3.05, 3.63) is 58.4 Å². The van der Waals surface area contributed by atoms with Crippen LogP contribution in [0.4, 0.5) is 5.82 Å². The summed E-state index contributed by atoms with van der Waals surface area (Å²) in [4.78, 5) is 29.7. The Labute approximate surface area is 201 Å². The second kappa shape index (κ2) is 10.4. The van der Waals surface area contributed by atoms with Crippen LogP contribution < -0.4 is 5.32 Å². The van der Waals surface area contributed by atoms with Crippen LogP contribution in [0.3, 0.4) is 0 Å². The number of aliphatic hydroxyl groups is 1. The molecule has 182 valence electrons. The molecule has 2 aromatic rings. The van der Waals surface area contributed by atoms with Crippen LogP contribution >= 0.6 is 0 Å². The average molecular weight is 466 g/mol. The van der Waals surface area contributed by atoms with Gasteiger partial charge in [0.25, 0.3) is 5.91 Å². The van der Waals surface area contributed by atoms with Gasteiger partial charge in [0.2, 0.25) is 5.91 Å². The van der Waals surface area contributed by atoms with Gasteiger partial charge < -0.3 is 20.2 Å². The van der Waals surface area contributed by atoms with Gasteiger partial charge in [-0.2, -0.15) is 5.10 Å². The number of aryl methyl sites for hydroxylation is 3. The predicted molar refractivity (Wildman–Crippen MR) is 131 cm³/mol. The van der Waals surface area contributed by atoms with E-state index in [9.17, 15) is 14.7 Å². The van der Waals surface area contributed by atoms with Gasteiger partial charge in [-0.3, -0.25) is 14.3 Å². The van der Waals surface area contributed by atoms with E-state index >= 15 is 0 Å².